The summed E-state index contributed by atoms with van der Waals surface area (Å²) in [5.41, 5.74) is 1.84. The van der Waals surface area contributed by atoms with Crippen molar-refractivity contribution in [1.29, 1.82) is 0 Å². The Balaban J connectivity index is 1.19. The molecule has 2 heterocycles. The summed E-state index contributed by atoms with van der Waals surface area (Å²) in [5, 5.41) is 7.27. The summed E-state index contributed by atoms with van der Waals surface area (Å²) < 4.78 is 6.69. The Morgan fingerprint density at radius 2 is 1.80 bits per heavy atom. The van der Waals surface area contributed by atoms with Crippen LogP contribution in [-0.2, 0) is 9.53 Å². The number of carbonyl (C=O) groups excluding carboxylic acids is 2. The Labute approximate surface area is 175 Å². The number of esters is 1. The Bertz CT molecular complexity index is 978. The molecule has 0 spiro atoms. The molecule has 30 heavy (non-hydrogen) atoms. The molecule has 4 saturated carbocycles. The second kappa shape index (κ2) is 7.03. The highest BCUT2D eigenvalue weighted by molar-refractivity contribution is 5.88. The van der Waals surface area contributed by atoms with Gasteiger partial charge in [0.05, 0.1) is 0 Å². The largest absolute Gasteiger partial charge is 0.450 e. The number of aromatic nitrogens is 4. The van der Waals surface area contributed by atoms with Crippen molar-refractivity contribution >= 4 is 17.7 Å². The topological polar surface area (TPSA) is 98.5 Å². The minimum absolute atomic E-state index is 0.0851. The molecule has 2 aromatic rings. The van der Waals surface area contributed by atoms with Crippen LogP contribution in [0.3, 0.4) is 0 Å². The summed E-state index contributed by atoms with van der Waals surface area (Å²) in [5.74, 6) is 1.77. The molecule has 4 aliphatic carbocycles. The molecule has 4 bridgehead atoms. The zero-order chi connectivity index (χ0) is 21.0. The number of carbonyl (C=O) groups is 2. The molecule has 0 radical (unpaired) electrons. The highest BCUT2D eigenvalue weighted by atomic mass is 16.5. The molecule has 8 heteroatoms. The molecule has 1 amide bonds. The monoisotopic (exact) mass is 411 g/mol. The highest BCUT2D eigenvalue weighted by Crippen LogP contribution is 2.61. The first-order valence-electron chi connectivity index (χ1n) is 11.0. The standard InChI is InChI=1S/C22H29N5O3/c1-12-4-13(2)27-21(23-12)25-19(26-27)20(29)30-11-18(28)24-14(3)22-8-15-5-16(9-22)7-17(6-15)10-22/h4,14-17H,5-11H2,1-3H3,(H,24,28)/t14-,15?,16?,17?,22?/m1/s1. The Hall–Kier alpha value is -2.51. The van der Waals surface area contributed by atoms with Crippen LogP contribution < -0.4 is 5.32 Å². The second-order valence-corrected chi connectivity index (χ2v) is 9.83. The van der Waals surface area contributed by atoms with E-state index in [0.29, 0.717) is 5.78 Å². The van der Waals surface area contributed by atoms with E-state index in [9.17, 15) is 9.59 Å². The zero-order valence-electron chi connectivity index (χ0n) is 17.9. The Morgan fingerprint density at radius 1 is 1.17 bits per heavy atom. The van der Waals surface area contributed by atoms with E-state index in [4.69, 9.17) is 4.74 Å². The van der Waals surface area contributed by atoms with Gasteiger partial charge in [-0.2, -0.15) is 4.98 Å². The number of aryl methyl sites for hydroxylation is 2. The lowest BCUT2D eigenvalue weighted by molar-refractivity contribution is -0.128. The molecular formula is C22H29N5O3. The molecule has 0 aliphatic heterocycles. The van der Waals surface area contributed by atoms with Gasteiger partial charge in [-0.15, -0.1) is 5.10 Å². The molecule has 1 atom stereocenters. The molecule has 8 nitrogen and oxygen atoms in total. The average molecular weight is 412 g/mol. The van der Waals surface area contributed by atoms with Crippen molar-refractivity contribution in [3.63, 3.8) is 0 Å². The SMILES string of the molecule is Cc1cc(C)n2nc(C(=O)OCC(=O)N[C@H](C)C34CC5CC(CC(C5)C3)C4)nc2n1. The fourth-order valence-electron chi connectivity index (χ4n) is 6.59. The van der Waals surface area contributed by atoms with Crippen LogP contribution in [0.5, 0.6) is 0 Å². The van der Waals surface area contributed by atoms with Gasteiger partial charge in [-0.05, 0) is 88.5 Å². The quantitative estimate of drug-likeness (QED) is 0.760. The maximum atomic E-state index is 12.5. The molecule has 2 aromatic heterocycles. The summed E-state index contributed by atoms with van der Waals surface area (Å²) in [6, 6.07) is 1.95. The predicted octanol–water partition coefficient (Wildman–Crippen LogP) is 2.62. The summed E-state index contributed by atoms with van der Waals surface area (Å²) >= 11 is 0. The normalized spacial score (nSPS) is 30.4. The number of hydrogen-bond acceptors (Lipinski definition) is 6. The van der Waals surface area contributed by atoms with Crippen LogP contribution in [0.25, 0.3) is 5.78 Å². The highest BCUT2D eigenvalue weighted by Gasteiger charge is 2.53. The third-order valence-corrected chi connectivity index (χ3v) is 7.52. The van der Waals surface area contributed by atoms with Crippen LogP contribution >= 0.6 is 0 Å². The fraction of sp³-hybridized carbons (Fsp3) is 0.682. The van der Waals surface area contributed by atoms with Crippen LogP contribution in [0.1, 0.15) is 67.5 Å². The third kappa shape index (κ3) is 3.36. The average Bonchev–Trinajstić information content (AvgIpc) is 3.09. The van der Waals surface area contributed by atoms with Gasteiger partial charge < -0.3 is 10.1 Å². The lowest BCUT2D eigenvalue weighted by Gasteiger charge is -2.59. The van der Waals surface area contributed by atoms with E-state index < -0.39 is 5.97 Å². The third-order valence-electron chi connectivity index (χ3n) is 7.52. The van der Waals surface area contributed by atoms with Crippen LogP contribution in [-0.4, -0.2) is 44.1 Å². The van der Waals surface area contributed by atoms with E-state index in [-0.39, 0.29) is 29.8 Å². The molecule has 1 N–H and O–H groups in total. The molecule has 4 aliphatic rings. The maximum Gasteiger partial charge on any atom is 0.378 e. The van der Waals surface area contributed by atoms with Gasteiger partial charge >= 0.3 is 5.97 Å². The van der Waals surface area contributed by atoms with Crippen LogP contribution in [0.4, 0.5) is 0 Å². The van der Waals surface area contributed by atoms with E-state index in [1.54, 1.807) is 0 Å². The minimum Gasteiger partial charge on any atom is -0.450 e. The molecule has 160 valence electrons. The summed E-state index contributed by atoms with van der Waals surface area (Å²) in [6.45, 7) is 5.52. The molecule has 0 unspecified atom stereocenters. The van der Waals surface area contributed by atoms with Gasteiger partial charge in [-0.3, -0.25) is 4.79 Å². The van der Waals surface area contributed by atoms with E-state index in [2.05, 4.69) is 27.3 Å². The van der Waals surface area contributed by atoms with Crippen molar-refractivity contribution in [2.75, 3.05) is 6.61 Å². The van der Waals surface area contributed by atoms with Gasteiger partial charge in [-0.1, -0.05) is 0 Å². The smallest absolute Gasteiger partial charge is 0.378 e. The van der Waals surface area contributed by atoms with Crippen molar-refractivity contribution in [3.8, 4) is 0 Å². The van der Waals surface area contributed by atoms with E-state index in [1.165, 1.54) is 43.0 Å². The maximum absolute atomic E-state index is 12.5. The van der Waals surface area contributed by atoms with Gasteiger partial charge in [0.2, 0.25) is 0 Å². The molecule has 0 saturated heterocycles. The second-order valence-electron chi connectivity index (χ2n) is 9.83. The lowest BCUT2D eigenvalue weighted by Crippen LogP contribution is -2.56. The van der Waals surface area contributed by atoms with Crippen molar-refractivity contribution in [3.05, 3.63) is 23.3 Å². The van der Waals surface area contributed by atoms with E-state index in [0.717, 1.165) is 29.1 Å². The number of fused-ring (bicyclic) bond motifs is 1. The number of ether oxygens (including phenoxy) is 1. The van der Waals surface area contributed by atoms with Gasteiger partial charge in [0.1, 0.15) is 0 Å². The molecule has 0 aromatic carbocycles. The van der Waals surface area contributed by atoms with Gasteiger partial charge in [0.25, 0.3) is 17.5 Å². The number of hydrogen-bond donors (Lipinski definition) is 1. The first-order chi connectivity index (χ1) is 14.3. The number of nitrogens with zero attached hydrogens (tertiary/aromatic N) is 4. The zero-order valence-corrected chi connectivity index (χ0v) is 17.9. The van der Waals surface area contributed by atoms with Gasteiger partial charge in [0.15, 0.2) is 6.61 Å². The fourth-order valence-corrected chi connectivity index (χ4v) is 6.59. The van der Waals surface area contributed by atoms with Gasteiger partial charge in [0, 0.05) is 17.4 Å². The predicted molar refractivity (Wildman–Crippen MR) is 109 cm³/mol. The number of nitrogens with one attached hydrogen (secondary N) is 1. The number of rotatable bonds is 5. The molecule has 6 rings (SSSR count). The van der Waals surface area contributed by atoms with Crippen molar-refractivity contribution in [2.24, 2.45) is 23.2 Å². The van der Waals surface area contributed by atoms with E-state index in [1.807, 2.05) is 19.9 Å². The summed E-state index contributed by atoms with van der Waals surface area (Å²) in [6.07, 6.45) is 7.78. The Morgan fingerprint density at radius 3 is 2.43 bits per heavy atom. The molecular weight excluding hydrogens is 382 g/mol. The van der Waals surface area contributed by atoms with Crippen LogP contribution in [0.15, 0.2) is 6.07 Å². The molecule has 4 fully saturated rings. The number of amides is 1. The van der Waals surface area contributed by atoms with Crippen molar-refractivity contribution in [1.82, 2.24) is 24.9 Å². The van der Waals surface area contributed by atoms with Crippen LogP contribution in [0.2, 0.25) is 0 Å². The minimum atomic E-state index is -0.713. The Kier molecular flexibility index (Phi) is 4.56. The summed E-state index contributed by atoms with van der Waals surface area (Å²) in [4.78, 5) is 33.3. The first kappa shape index (κ1) is 19.5. The lowest BCUT2D eigenvalue weighted by atomic mass is 9.48. The van der Waals surface area contributed by atoms with Crippen molar-refractivity contribution < 1.29 is 14.3 Å². The van der Waals surface area contributed by atoms with Crippen LogP contribution in [0, 0.1) is 37.0 Å². The first-order valence-corrected chi connectivity index (χ1v) is 11.0. The summed E-state index contributed by atoms with van der Waals surface area (Å²) in [7, 11) is 0. The van der Waals surface area contributed by atoms with Gasteiger partial charge in [-0.25, -0.2) is 14.3 Å². The van der Waals surface area contributed by atoms with Crippen molar-refractivity contribution in [2.45, 2.75) is 65.3 Å². The van der Waals surface area contributed by atoms with E-state index >= 15 is 0 Å².